The molecular formula is C20H26N4O3S. The first kappa shape index (κ1) is 20.3. The fraction of sp³-hybridized carbons (Fsp3) is 0.400. The van der Waals surface area contributed by atoms with Crippen molar-refractivity contribution in [3.63, 3.8) is 0 Å². The van der Waals surface area contributed by atoms with Crippen molar-refractivity contribution in [2.75, 3.05) is 38.5 Å². The molecule has 7 nitrogen and oxygen atoms in total. The van der Waals surface area contributed by atoms with E-state index in [1.54, 1.807) is 11.3 Å². The number of aliphatic hydroxyl groups excluding tert-OH is 1. The number of benzene rings is 1. The molecule has 1 aromatic heterocycles. The lowest BCUT2D eigenvalue weighted by atomic mass is 10.2. The van der Waals surface area contributed by atoms with Gasteiger partial charge in [-0.2, -0.15) is 0 Å². The number of hydrogen-bond donors (Lipinski definition) is 3. The van der Waals surface area contributed by atoms with Crippen LogP contribution in [0, 0.1) is 6.92 Å². The summed E-state index contributed by atoms with van der Waals surface area (Å²) in [6.45, 7) is 7.60. The van der Waals surface area contributed by atoms with Crippen molar-refractivity contribution in [1.29, 1.82) is 0 Å². The quantitative estimate of drug-likeness (QED) is 0.680. The van der Waals surface area contributed by atoms with Crippen molar-refractivity contribution in [2.45, 2.75) is 20.0 Å². The molecule has 2 aromatic rings. The Balaban J connectivity index is 0.000000330. The smallest absolute Gasteiger partial charge is 0.332 e. The highest BCUT2D eigenvalue weighted by Crippen LogP contribution is 2.39. The summed E-state index contributed by atoms with van der Waals surface area (Å²) in [5.41, 5.74) is 3.36. The zero-order chi connectivity index (χ0) is 20.3. The summed E-state index contributed by atoms with van der Waals surface area (Å²) in [7, 11) is 2.18. The fourth-order valence-corrected chi connectivity index (χ4v) is 3.93. The van der Waals surface area contributed by atoms with Crippen molar-refractivity contribution in [1.82, 2.24) is 9.80 Å². The second-order valence-corrected chi connectivity index (χ2v) is 8.24. The van der Waals surface area contributed by atoms with Crippen molar-refractivity contribution >= 4 is 39.5 Å². The van der Waals surface area contributed by atoms with Crippen molar-refractivity contribution in [3.8, 4) is 0 Å². The van der Waals surface area contributed by atoms with Gasteiger partial charge in [-0.05, 0) is 39.1 Å². The monoisotopic (exact) mass is 402 g/mol. The van der Waals surface area contributed by atoms with Crippen LogP contribution in [0.5, 0.6) is 0 Å². The zero-order valence-corrected chi connectivity index (χ0v) is 17.2. The molecule has 150 valence electrons. The third-order valence-electron chi connectivity index (χ3n) is 4.63. The van der Waals surface area contributed by atoms with Gasteiger partial charge < -0.3 is 25.3 Å². The number of carbonyl (C=O) groups is 1. The maximum atomic E-state index is 9.45. The number of nitrogens with one attached hydrogen (secondary N) is 1. The van der Waals surface area contributed by atoms with Gasteiger partial charge in [-0.25, -0.2) is 9.79 Å². The Kier molecular flexibility index (Phi) is 6.33. The largest absolute Gasteiger partial charge is 0.479 e. The molecule has 0 bridgehead atoms. The average Bonchev–Trinajstić information content (AvgIpc) is 2.95. The topological polar surface area (TPSA) is 88.4 Å². The van der Waals surface area contributed by atoms with Gasteiger partial charge in [0.2, 0.25) is 0 Å². The minimum Gasteiger partial charge on any atom is -0.479 e. The molecule has 1 saturated heterocycles. The SMILES string of the molecule is CC(O)C(=O)O.Cc1cc2c(s1)Nc1ccccc1N=C2N1CCN(C)CC1. The summed E-state index contributed by atoms with van der Waals surface area (Å²) in [6, 6.07) is 10.6. The number of aliphatic hydroxyl groups is 1. The Morgan fingerprint density at radius 3 is 2.54 bits per heavy atom. The number of carboxylic acid groups (broad SMARTS) is 1. The van der Waals surface area contributed by atoms with Gasteiger partial charge in [-0.15, -0.1) is 11.3 Å². The van der Waals surface area contributed by atoms with Crippen LogP contribution in [-0.2, 0) is 4.79 Å². The van der Waals surface area contributed by atoms with E-state index in [0.717, 1.165) is 43.4 Å². The molecule has 0 saturated carbocycles. The zero-order valence-electron chi connectivity index (χ0n) is 16.3. The Morgan fingerprint density at radius 2 is 1.89 bits per heavy atom. The first-order valence-electron chi connectivity index (χ1n) is 9.25. The van der Waals surface area contributed by atoms with Crippen LogP contribution in [0.15, 0.2) is 35.3 Å². The number of aryl methyl sites for hydroxylation is 1. The van der Waals surface area contributed by atoms with E-state index in [0.29, 0.717) is 0 Å². The number of piperazine rings is 1. The van der Waals surface area contributed by atoms with Crippen LogP contribution in [0.2, 0.25) is 0 Å². The second-order valence-electron chi connectivity index (χ2n) is 6.98. The maximum Gasteiger partial charge on any atom is 0.332 e. The summed E-state index contributed by atoms with van der Waals surface area (Å²) in [5.74, 6) is -0.0695. The molecule has 0 radical (unpaired) electrons. The van der Waals surface area contributed by atoms with Crippen LogP contribution in [0.1, 0.15) is 17.4 Å². The minimum atomic E-state index is -1.23. The number of aliphatic carboxylic acids is 1. The van der Waals surface area contributed by atoms with Crippen LogP contribution in [0.25, 0.3) is 0 Å². The molecule has 3 N–H and O–H groups in total. The van der Waals surface area contributed by atoms with Gasteiger partial charge in [0.05, 0.1) is 16.9 Å². The Bertz CT molecular complexity index is 870. The molecule has 1 atom stereocenters. The standard InChI is InChI=1S/C17H20N4S.C3H6O3/c1-12-11-13-16(21-9-7-20(2)8-10-21)18-14-5-3-4-6-15(14)19-17(13)22-12;1-2(4)3(5)6/h3-6,11,19H,7-10H2,1-2H3;2,4H,1H3,(H,5,6). The third-order valence-corrected chi connectivity index (χ3v) is 5.60. The van der Waals surface area contributed by atoms with Crippen LogP contribution in [0.3, 0.4) is 0 Å². The molecule has 8 heteroatoms. The molecule has 2 aliphatic heterocycles. The fourth-order valence-electron chi connectivity index (χ4n) is 3.01. The highest BCUT2D eigenvalue weighted by Gasteiger charge is 2.25. The van der Waals surface area contributed by atoms with Gasteiger partial charge in [-0.3, -0.25) is 0 Å². The number of aliphatic imine (C=N–C) groups is 1. The Morgan fingerprint density at radius 1 is 1.25 bits per heavy atom. The van der Waals surface area contributed by atoms with Crippen molar-refractivity contribution in [2.24, 2.45) is 4.99 Å². The Hall–Kier alpha value is -2.42. The number of fused-ring (bicyclic) bond motifs is 2. The number of para-hydroxylation sites is 2. The number of rotatable bonds is 1. The highest BCUT2D eigenvalue weighted by atomic mass is 32.1. The number of carboxylic acids is 1. The predicted molar refractivity (Wildman–Crippen MR) is 113 cm³/mol. The minimum absolute atomic E-state index is 1.03. The first-order valence-corrected chi connectivity index (χ1v) is 10.1. The van der Waals surface area contributed by atoms with E-state index in [9.17, 15) is 4.79 Å². The van der Waals surface area contributed by atoms with Crippen molar-refractivity contribution < 1.29 is 15.0 Å². The molecule has 1 unspecified atom stereocenters. The molecule has 3 heterocycles. The van der Waals surface area contributed by atoms with Gasteiger partial charge in [0.1, 0.15) is 16.9 Å². The number of thiophene rings is 1. The molecule has 0 aliphatic carbocycles. The molecule has 0 spiro atoms. The third kappa shape index (κ3) is 4.70. The van der Waals surface area contributed by atoms with Gasteiger partial charge in [0, 0.05) is 31.1 Å². The van der Waals surface area contributed by atoms with E-state index in [1.165, 1.54) is 22.4 Å². The number of anilines is 2. The van der Waals surface area contributed by atoms with Crippen LogP contribution < -0.4 is 5.32 Å². The summed E-state index contributed by atoms with van der Waals surface area (Å²) >= 11 is 1.81. The van der Waals surface area contributed by atoms with Crippen molar-refractivity contribution in [3.05, 3.63) is 40.8 Å². The summed E-state index contributed by atoms with van der Waals surface area (Å²) in [6.07, 6.45) is -1.23. The molecule has 28 heavy (non-hydrogen) atoms. The second kappa shape index (κ2) is 8.72. The van der Waals surface area contributed by atoms with Gasteiger partial charge >= 0.3 is 5.97 Å². The average molecular weight is 403 g/mol. The number of hydrogen-bond acceptors (Lipinski definition) is 7. The van der Waals surface area contributed by atoms with Crippen LogP contribution in [0.4, 0.5) is 16.4 Å². The van der Waals surface area contributed by atoms with E-state index in [1.807, 2.05) is 0 Å². The lowest BCUT2D eigenvalue weighted by Gasteiger charge is -2.34. The van der Waals surface area contributed by atoms with E-state index in [-0.39, 0.29) is 0 Å². The van der Waals surface area contributed by atoms with Gasteiger partial charge in [0.15, 0.2) is 0 Å². The summed E-state index contributed by atoms with van der Waals surface area (Å²) in [5, 5.41) is 20.5. The molecule has 1 aromatic carbocycles. The van der Waals surface area contributed by atoms with Gasteiger partial charge in [0.25, 0.3) is 0 Å². The predicted octanol–water partition coefficient (Wildman–Crippen LogP) is 2.89. The lowest BCUT2D eigenvalue weighted by molar-refractivity contribution is -0.145. The molecule has 2 aliphatic rings. The van der Waals surface area contributed by atoms with Crippen LogP contribution >= 0.6 is 11.3 Å². The number of nitrogens with zero attached hydrogens (tertiary/aromatic N) is 3. The number of amidine groups is 1. The number of likely N-dealkylation sites (N-methyl/N-ethyl adjacent to an activating group) is 1. The van der Waals surface area contributed by atoms with E-state index < -0.39 is 12.1 Å². The summed E-state index contributed by atoms with van der Waals surface area (Å²) < 4.78 is 0. The van der Waals surface area contributed by atoms with E-state index in [2.05, 4.69) is 59.4 Å². The molecule has 1 fully saturated rings. The van der Waals surface area contributed by atoms with Crippen LogP contribution in [-0.4, -0.2) is 71.1 Å². The normalized spacial score (nSPS) is 17.1. The first-order chi connectivity index (χ1) is 13.3. The molecule has 0 amide bonds. The van der Waals surface area contributed by atoms with Gasteiger partial charge in [-0.1, -0.05) is 12.1 Å². The van der Waals surface area contributed by atoms with E-state index in [4.69, 9.17) is 15.2 Å². The Labute approximate surface area is 168 Å². The van der Waals surface area contributed by atoms with E-state index >= 15 is 0 Å². The molecular weight excluding hydrogens is 376 g/mol. The molecule has 4 rings (SSSR count). The summed E-state index contributed by atoms with van der Waals surface area (Å²) in [4.78, 5) is 20.6. The maximum absolute atomic E-state index is 9.45. The lowest BCUT2D eigenvalue weighted by Crippen LogP contribution is -2.47. The highest BCUT2D eigenvalue weighted by molar-refractivity contribution is 7.16.